The van der Waals surface area contributed by atoms with E-state index in [0.717, 1.165) is 36.6 Å². The average molecular weight is 340 g/mol. The Bertz CT molecular complexity index is 452. The van der Waals surface area contributed by atoms with Crippen molar-refractivity contribution >= 4 is 21.8 Å². The lowest BCUT2D eigenvalue weighted by molar-refractivity contribution is -0.134. The van der Waals surface area contributed by atoms with E-state index >= 15 is 0 Å². The number of hydrogen-bond donors (Lipinski definition) is 1. The predicted octanol–water partition coefficient (Wildman–Crippen LogP) is 3.15. The van der Waals surface area contributed by atoms with Crippen molar-refractivity contribution in [3.8, 4) is 0 Å². The van der Waals surface area contributed by atoms with Gasteiger partial charge in [0.05, 0.1) is 12.0 Å². The zero-order chi connectivity index (χ0) is 14.6. The summed E-state index contributed by atoms with van der Waals surface area (Å²) in [5.41, 5.74) is 0.468. The summed E-state index contributed by atoms with van der Waals surface area (Å²) in [5.74, 6) is 0.0477. The van der Waals surface area contributed by atoms with Crippen LogP contribution in [0.1, 0.15) is 37.7 Å². The Morgan fingerprint density at radius 2 is 1.90 bits per heavy atom. The van der Waals surface area contributed by atoms with Crippen LogP contribution in [-0.4, -0.2) is 35.1 Å². The Kier molecular flexibility index (Phi) is 5.22. The molecule has 0 atom stereocenters. The fraction of sp³-hybridized carbons (Fsp3) is 0.562. The van der Waals surface area contributed by atoms with Crippen molar-refractivity contribution in [1.29, 1.82) is 0 Å². The van der Waals surface area contributed by atoms with Crippen LogP contribution in [0.15, 0.2) is 28.7 Å². The van der Waals surface area contributed by atoms with Crippen LogP contribution in [0, 0.1) is 0 Å². The molecule has 1 aromatic rings. The molecule has 1 fully saturated rings. The summed E-state index contributed by atoms with van der Waals surface area (Å²) < 4.78 is 1.06. The van der Waals surface area contributed by atoms with E-state index in [2.05, 4.69) is 28.1 Å². The Morgan fingerprint density at radius 3 is 2.50 bits per heavy atom. The standard InChI is InChI=1S/C16H22BrNO2/c1-18(11-8-13-4-6-14(17)7-5-13)15(19)12-16(20)9-2-3-10-16/h4-7,20H,2-3,8-12H2,1H3. The van der Waals surface area contributed by atoms with Crippen LogP contribution in [0.2, 0.25) is 0 Å². The third-order valence-corrected chi connectivity index (χ3v) is 4.62. The Labute approximate surface area is 129 Å². The number of aliphatic hydroxyl groups is 1. The summed E-state index contributed by atoms with van der Waals surface area (Å²) in [4.78, 5) is 13.9. The Balaban J connectivity index is 1.80. The Morgan fingerprint density at radius 1 is 1.30 bits per heavy atom. The first-order chi connectivity index (χ1) is 9.48. The van der Waals surface area contributed by atoms with Gasteiger partial charge in [-0.05, 0) is 37.0 Å². The van der Waals surface area contributed by atoms with Crippen LogP contribution in [0.25, 0.3) is 0 Å². The molecule has 0 aromatic heterocycles. The minimum atomic E-state index is -0.747. The number of carbonyl (C=O) groups is 1. The molecule has 0 bridgehead atoms. The zero-order valence-electron chi connectivity index (χ0n) is 11.9. The molecule has 1 saturated carbocycles. The van der Waals surface area contributed by atoms with Gasteiger partial charge in [-0.3, -0.25) is 4.79 Å². The molecule has 0 aliphatic heterocycles. The van der Waals surface area contributed by atoms with Gasteiger partial charge in [0, 0.05) is 18.1 Å². The number of halogens is 1. The number of amides is 1. The second kappa shape index (κ2) is 6.72. The molecule has 0 radical (unpaired) electrons. The highest BCUT2D eigenvalue weighted by Gasteiger charge is 2.34. The summed E-state index contributed by atoms with van der Waals surface area (Å²) in [6.07, 6.45) is 4.70. The number of benzene rings is 1. The normalized spacial score (nSPS) is 17.1. The van der Waals surface area contributed by atoms with Crippen molar-refractivity contribution in [2.45, 2.75) is 44.1 Å². The van der Waals surface area contributed by atoms with E-state index in [4.69, 9.17) is 0 Å². The Hall–Kier alpha value is -0.870. The highest BCUT2D eigenvalue weighted by Crippen LogP contribution is 2.32. The van der Waals surface area contributed by atoms with Gasteiger partial charge in [0.25, 0.3) is 0 Å². The monoisotopic (exact) mass is 339 g/mol. The molecule has 20 heavy (non-hydrogen) atoms. The molecule has 1 aromatic carbocycles. The first-order valence-electron chi connectivity index (χ1n) is 7.19. The van der Waals surface area contributed by atoms with Gasteiger partial charge in [-0.1, -0.05) is 40.9 Å². The second-order valence-corrected chi connectivity index (χ2v) is 6.72. The van der Waals surface area contributed by atoms with Gasteiger partial charge in [0.2, 0.25) is 5.91 Å². The van der Waals surface area contributed by atoms with Gasteiger partial charge in [-0.25, -0.2) is 0 Å². The fourth-order valence-corrected chi connectivity index (χ4v) is 2.96. The number of likely N-dealkylation sites (N-methyl/N-ethyl adjacent to an activating group) is 1. The first kappa shape index (κ1) is 15.5. The molecule has 1 N–H and O–H groups in total. The molecule has 3 nitrogen and oxygen atoms in total. The molecule has 0 heterocycles. The number of rotatable bonds is 5. The summed E-state index contributed by atoms with van der Waals surface area (Å²) in [6.45, 7) is 0.691. The van der Waals surface area contributed by atoms with Crippen molar-refractivity contribution < 1.29 is 9.90 Å². The largest absolute Gasteiger partial charge is 0.389 e. The molecule has 2 rings (SSSR count). The SMILES string of the molecule is CN(CCc1ccc(Br)cc1)C(=O)CC1(O)CCCC1. The topological polar surface area (TPSA) is 40.5 Å². The molecule has 1 amide bonds. The maximum absolute atomic E-state index is 12.1. The van der Waals surface area contributed by atoms with E-state index in [1.54, 1.807) is 4.90 Å². The van der Waals surface area contributed by atoms with E-state index in [1.807, 2.05) is 19.2 Å². The second-order valence-electron chi connectivity index (χ2n) is 5.80. The average Bonchev–Trinajstić information content (AvgIpc) is 2.84. The van der Waals surface area contributed by atoms with E-state index in [-0.39, 0.29) is 12.3 Å². The molecule has 4 heteroatoms. The number of carbonyl (C=O) groups excluding carboxylic acids is 1. The molecule has 110 valence electrons. The van der Waals surface area contributed by atoms with E-state index < -0.39 is 5.60 Å². The molecule has 0 unspecified atom stereocenters. The third-order valence-electron chi connectivity index (χ3n) is 4.09. The quantitative estimate of drug-likeness (QED) is 0.895. The van der Waals surface area contributed by atoms with Gasteiger partial charge in [0.15, 0.2) is 0 Å². The van der Waals surface area contributed by atoms with Gasteiger partial charge < -0.3 is 10.0 Å². The van der Waals surface area contributed by atoms with Crippen LogP contribution >= 0.6 is 15.9 Å². The van der Waals surface area contributed by atoms with E-state index in [1.165, 1.54) is 5.56 Å². The number of hydrogen-bond acceptors (Lipinski definition) is 2. The van der Waals surface area contributed by atoms with Gasteiger partial charge in [-0.15, -0.1) is 0 Å². The van der Waals surface area contributed by atoms with Gasteiger partial charge >= 0.3 is 0 Å². The molecular formula is C16H22BrNO2. The maximum atomic E-state index is 12.1. The molecular weight excluding hydrogens is 318 g/mol. The minimum Gasteiger partial charge on any atom is -0.389 e. The predicted molar refractivity (Wildman–Crippen MR) is 83.5 cm³/mol. The molecule has 1 aliphatic carbocycles. The summed E-state index contributed by atoms with van der Waals surface area (Å²) in [6, 6.07) is 8.15. The molecule has 0 saturated heterocycles. The van der Waals surface area contributed by atoms with Gasteiger partial charge in [-0.2, -0.15) is 0 Å². The third kappa shape index (κ3) is 4.32. The van der Waals surface area contributed by atoms with Gasteiger partial charge in [0.1, 0.15) is 0 Å². The van der Waals surface area contributed by atoms with Crippen LogP contribution < -0.4 is 0 Å². The van der Waals surface area contributed by atoms with Crippen molar-refractivity contribution in [2.24, 2.45) is 0 Å². The van der Waals surface area contributed by atoms with Crippen molar-refractivity contribution in [3.05, 3.63) is 34.3 Å². The lowest BCUT2D eigenvalue weighted by Gasteiger charge is -2.25. The van der Waals surface area contributed by atoms with Crippen LogP contribution in [0.3, 0.4) is 0 Å². The maximum Gasteiger partial charge on any atom is 0.225 e. The van der Waals surface area contributed by atoms with Crippen molar-refractivity contribution in [2.75, 3.05) is 13.6 Å². The fourth-order valence-electron chi connectivity index (χ4n) is 2.70. The van der Waals surface area contributed by atoms with E-state index in [9.17, 15) is 9.90 Å². The van der Waals surface area contributed by atoms with Crippen molar-refractivity contribution in [1.82, 2.24) is 4.90 Å². The number of nitrogens with zero attached hydrogens (tertiary/aromatic N) is 1. The first-order valence-corrected chi connectivity index (χ1v) is 7.99. The van der Waals surface area contributed by atoms with Crippen LogP contribution in [0.4, 0.5) is 0 Å². The zero-order valence-corrected chi connectivity index (χ0v) is 13.5. The lowest BCUT2D eigenvalue weighted by Crippen LogP contribution is -2.36. The smallest absolute Gasteiger partial charge is 0.225 e. The lowest BCUT2D eigenvalue weighted by atomic mass is 9.97. The van der Waals surface area contributed by atoms with E-state index in [0.29, 0.717) is 6.54 Å². The highest BCUT2D eigenvalue weighted by molar-refractivity contribution is 9.10. The summed E-state index contributed by atoms with van der Waals surface area (Å²) in [5, 5.41) is 10.3. The van der Waals surface area contributed by atoms with Crippen molar-refractivity contribution in [3.63, 3.8) is 0 Å². The summed E-state index contributed by atoms with van der Waals surface area (Å²) in [7, 11) is 1.82. The minimum absolute atomic E-state index is 0.0477. The summed E-state index contributed by atoms with van der Waals surface area (Å²) >= 11 is 3.41. The molecule has 0 spiro atoms. The van der Waals surface area contributed by atoms with Crippen LogP contribution in [0.5, 0.6) is 0 Å². The highest BCUT2D eigenvalue weighted by atomic mass is 79.9. The van der Waals surface area contributed by atoms with Crippen LogP contribution in [-0.2, 0) is 11.2 Å². The molecule has 1 aliphatic rings.